The molecule has 10 heteroatoms. The number of anilines is 2. The second kappa shape index (κ2) is 6.80. The van der Waals surface area contributed by atoms with Crippen molar-refractivity contribution in [2.24, 2.45) is 0 Å². The minimum Gasteiger partial charge on any atom is -0.353 e. The lowest BCUT2D eigenvalue weighted by atomic mass is 10.3. The van der Waals surface area contributed by atoms with Gasteiger partial charge in [-0.05, 0) is 26.8 Å². The van der Waals surface area contributed by atoms with Crippen molar-refractivity contribution in [2.45, 2.75) is 20.8 Å². The molecule has 0 radical (unpaired) electrons. The van der Waals surface area contributed by atoms with Crippen molar-refractivity contribution in [1.82, 2.24) is 39.3 Å². The Labute approximate surface area is 167 Å². The summed E-state index contributed by atoms with van der Waals surface area (Å²) in [6.45, 7) is 9.37. The van der Waals surface area contributed by atoms with E-state index in [1.807, 2.05) is 37.7 Å². The highest BCUT2D eigenvalue weighted by Gasteiger charge is 2.22. The van der Waals surface area contributed by atoms with Crippen molar-refractivity contribution in [3.8, 4) is 5.82 Å². The van der Waals surface area contributed by atoms with Gasteiger partial charge in [0.2, 0.25) is 0 Å². The normalized spacial score (nSPS) is 14.7. The molecule has 5 rings (SSSR count). The molecular formula is C19H22N10. The van der Waals surface area contributed by atoms with Gasteiger partial charge in [0.1, 0.15) is 18.0 Å². The van der Waals surface area contributed by atoms with Gasteiger partial charge in [-0.25, -0.2) is 14.6 Å². The number of piperazine rings is 1. The predicted octanol–water partition coefficient (Wildman–Crippen LogP) is 1.35. The molecule has 4 aromatic heterocycles. The van der Waals surface area contributed by atoms with E-state index >= 15 is 0 Å². The van der Waals surface area contributed by atoms with Gasteiger partial charge in [-0.15, -0.1) is 0 Å². The summed E-state index contributed by atoms with van der Waals surface area (Å²) in [6, 6.07) is 4.09. The van der Waals surface area contributed by atoms with E-state index in [-0.39, 0.29) is 0 Å². The number of aromatic nitrogens is 8. The van der Waals surface area contributed by atoms with Crippen LogP contribution in [-0.4, -0.2) is 65.5 Å². The van der Waals surface area contributed by atoms with Gasteiger partial charge in [-0.3, -0.25) is 4.98 Å². The molecule has 148 valence electrons. The number of hydrogen-bond donors (Lipinski definition) is 0. The molecule has 0 saturated carbocycles. The molecule has 10 nitrogen and oxygen atoms in total. The van der Waals surface area contributed by atoms with Crippen LogP contribution >= 0.6 is 0 Å². The first kappa shape index (κ1) is 17.5. The number of rotatable bonds is 3. The number of aryl methyl sites for hydroxylation is 3. The van der Waals surface area contributed by atoms with Crippen LogP contribution < -0.4 is 9.80 Å². The highest BCUT2D eigenvalue weighted by atomic mass is 15.4. The average Bonchev–Trinajstić information content (AvgIpc) is 3.33. The summed E-state index contributed by atoms with van der Waals surface area (Å²) >= 11 is 0. The Hall–Kier alpha value is -3.56. The Morgan fingerprint density at radius 1 is 0.828 bits per heavy atom. The average molecular weight is 390 g/mol. The van der Waals surface area contributed by atoms with Gasteiger partial charge in [0, 0.05) is 43.6 Å². The Balaban J connectivity index is 1.36. The Bertz CT molecular complexity index is 1170. The van der Waals surface area contributed by atoms with E-state index in [1.165, 1.54) is 0 Å². The summed E-state index contributed by atoms with van der Waals surface area (Å²) < 4.78 is 3.63. The van der Waals surface area contributed by atoms with Crippen LogP contribution in [0, 0.1) is 20.8 Å². The number of hydrogen-bond acceptors (Lipinski definition) is 8. The third-order valence-corrected chi connectivity index (χ3v) is 5.12. The molecule has 4 aromatic rings. The summed E-state index contributed by atoms with van der Waals surface area (Å²) in [5.41, 5.74) is 2.95. The van der Waals surface area contributed by atoms with Crippen LogP contribution in [-0.2, 0) is 0 Å². The minimum absolute atomic E-state index is 0.630. The monoisotopic (exact) mass is 390 g/mol. The SMILES string of the molecule is Cc1cc(N2CCN(c3cncc(-n4nc(C)cc4C)n3)CC2)n2ncnc2n1. The predicted molar refractivity (Wildman–Crippen MR) is 109 cm³/mol. The summed E-state index contributed by atoms with van der Waals surface area (Å²) in [7, 11) is 0. The lowest BCUT2D eigenvalue weighted by Crippen LogP contribution is -2.47. The highest BCUT2D eigenvalue weighted by Crippen LogP contribution is 2.21. The summed E-state index contributed by atoms with van der Waals surface area (Å²) in [5.74, 6) is 3.26. The molecule has 0 bridgehead atoms. The molecule has 0 unspecified atom stereocenters. The molecule has 0 spiro atoms. The maximum atomic E-state index is 4.80. The van der Waals surface area contributed by atoms with Crippen LogP contribution in [0.15, 0.2) is 30.9 Å². The lowest BCUT2D eigenvalue weighted by molar-refractivity contribution is 0.630. The molecular weight excluding hydrogens is 368 g/mol. The molecule has 5 heterocycles. The summed E-state index contributed by atoms with van der Waals surface area (Å²) in [4.78, 5) is 22.4. The van der Waals surface area contributed by atoms with Crippen LogP contribution in [0.2, 0.25) is 0 Å². The van der Waals surface area contributed by atoms with Gasteiger partial charge in [0.25, 0.3) is 5.78 Å². The van der Waals surface area contributed by atoms with Crippen LogP contribution in [0.5, 0.6) is 0 Å². The van der Waals surface area contributed by atoms with E-state index in [0.29, 0.717) is 5.78 Å². The van der Waals surface area contributed by atoms with Crippen molar-refractivity contribution in [2.75, 3.05) is 36.0 Å². The minimum atomic E-state index is 0.630. The molecule has 1 aliphatic rings. The first-order valence-corrected chi connectivity index (χ1v) is 9.61. The smallest absolute Gasteiger partial charge is 0.254 e. The summed E-state index contributed by atoms with van der Waals surface area (Å²) in [6.07, 6.45) is 5.11. The second-order valence-corrected chi connectivity index (χ2v) is 7.28. The fourth-order valence-electron chi connectivity index (χ4n) is 3.76. The fourth-order valence-corrected chi connectivity index (χ4v) is 3.76. The lowest BCUT2D eigenvalue weighted by Gasteiger charge is -2.36. The van der Waals surface area contributed by atoms with E-state index in [4.69, 9.17) is 4.98 Å². The van der Waals surface area contributed by atoms with E-state index in [2.05, 4.69) is 41.0 Å². The van der Waals surface area contributed by atoms with Gasteiger partial charge < -0.3 is 9.80 Å². The molecule has 1 fully saturated rings. The van der Waals surface area contributed by atoms with Gasteiger partial charge >= 0.3 is 0 Å². The van der Waals surface area contributed by atoms with Crippen molar-refractivity contribution < 1.29 is 0 Å². The number of nitrogens with zero attached hydrogens (tertiary/aromatic N) is 10. The van der Waals surface area contributed by atoms with Gasteiger partial charge in [-0.1, -0.05) is 0 Å². The zero-order valence-corrected chi connectivity index (χ0v) is 16.7. The molecule has 0 atom stereocenters. The first-order chi connectivity index (χ1) is 14.1. The molecule has 0 aliphatic carbocycles. The van der Waals surface area contributed by atoms with Gasteiger partial charge in [0.05, 0.1) is 18.1 Å². The van der Waals surface area contributed by atoms with Crippen molar-refractivity contribution in [3.63, 3.8) is 0 Å². The fraction of sp³-hybridized carbons (Fsp3) is 0.368. The van der Waals surface area contributed by atoms with Crippen LogP contribution in [0.1, 0.15) is 17.1 Å². The quantitative estimate of drug-likeness (QED) is 0.518. The van der Waals surface area contributed by atoms with Gasteiger partial charge in [-0.2, -0.15) is 19.7 Å². The van der Waals surface area contributed by atoms with Gasteiger partial charge in [0.15, 0.2) is 5.82 Å². The zero-order valence-electron chi connectivity index (χ0n) is 16.7. The van der Waals surface area contributed by atoms with Crippen LogP contribution in [0.25, 0.3) is 11.6 Å². The second-order valence-electron chi connectivity index (χ2n) is 7.28. The van der Waals surface area contributed by atoms with Crippen molar-refractivity contribution in [1.29, 1.82) is 0 Å². The molecule has 1 aliphatic heterocycles. The van der Waals surface area contributed by atoms with E-state index in [1.54, 1.807) is 17.0 Å². The zero-order chi connectivity index (χ0) is 20.0. The van der Waals surface area contributed by atoms with Crippen LogP contribution in [0.4, 0.5) is 11.6 Å². The molecule has 1 saturated heterocycles. The first-order valence-electron chi connectivity index (χ1n) is 9.61. The molecule has 0 aromatic carbocycles. The molecule has 0 amide bonds. The molecule has 29 heavy (non-hydrogen) atoms. The Morgan fingerprint density at radius 3 is 2.34 bits per heavy atom. The standard InChI is InChI=1S/C19H22N10/c1-13-9-18(29-19(23-13)21-12-22-29)27-6-4-26(5-7-27)16-10-20-11-17(24-16)28-15(3)8-14(2)25-28/h8-12H,4-7H2,1-3H3. The largest absolute Gasteiger partial charge is 0.353 e. The van der Waals surface area contributed by atoms with E-state index < -0.39 is 0 Å². The summed E-state index contributed by atoms with van der Waals surface area (Å²) in [5, 5.41) is 8.84. The highest BCUT2D eigenvalue weighted by molar-refractivity contribution is 5.49. The third-order valence-electron chi connectivity index (χ3n) is 5.12. The number of fused-ring (bicyclic) bond motifs is 1. The van der Waals surface area contributed by atoms with E-state index in [9.17, 15) is 0 Å². The Morgan fingerprint density at radius 2 is 1.59 bits per heavy atom. The van der Waals surface area contributed by atoms with Crippen LogP contribution in [0.3, 0.4) is 0 Å². The topological polar surface area (TPSA) is 93.2 Å². The maximum absolute atomic E-state index is 4.80. The maximum Gasteiger partial charge on any atom is 0.254 e. The van der Waals surface area contributed by atoms with Crippen molar-refractivity contribution >= 4 is 17.4 Å². The van der Waals surface area contributed by atoms with E-state index in [0.717, 1.165) is 60.7 Å². The Kier molecular flexibility index (Phi) is 4.11. The molecule has 0 N–H and O–H groups in total. The third kappa shape index (κ3) is 3.16. The van der Waals surface area contributed by atoms with Crippen molar-refractivity contribution in [3.05, 3.63) is 47.9 Å².